The van der Waals surface area contributed by atoms with E-state index in [0.717, 1.165) is 25.2 Å². The van der Waals surface area contributed by atoms with Crippen LogP contribution in [0.5, 0.6) is 0 Å². The first-order valence-electron chi connectivity index (χ1n) is 5.12. The topological polar surface area (TPSA) is 42.1 Å². The van der Waals surface area contributed by atoms with Crippen molar-refractivity contribution < 1.29 is 0 Å². The van der Waals surface area contributed by atoms with Crippen LogP contribution in [-0.2, 0) is 6.42 Å². The number of nitrogens with two attached hydrogens (primary N) is 1. The Bertz CT molecular complexity index is 324. The number of nitrogen functional groups attached to an aromatic ring is 1. The Morgan fingerprint density at radius 1 is 1.53 bits per heavy atom. The monoisotopic (exact) mass is 203 g/mol. The van der Waals surface area contributed by atoms with Crippen LogP contribution in [-0.4, -0.2) is 29.5 Å². The van der Waals surface area contributed by atoms with Gasteiger partial charge in [0.2, 0.25) is 0 Å². The summed E-state index contributed by atoms with van der Waals surface area (Å²) in [6.45, 7) is 4.72. The molecule has 0 aliphatic heterocycles. The maximum Gasteiger partial charge on any atom is 0.0598 e. The maximum absolute atomic E-state index is 5.56. The molecule has 0 aliphatic carbocycles. The van der Waals surface area contributed by atoms with E-state index in [1.807, 2.05) is 12.1 Å². The standard InChI is InChI=1S/C12H17N3/c1-3-8-15(4-2)9-7-12-6-5-11(13)10-14-12/h1,5-6,10H,4,7-9,13H2,2H3. The fourth-order valence-corrected chi connectivity index (χ4v) is 1.33. The minimum atomic E-state index is 0.700. The van der Waals surface area contributed by atoms with Crippen molar-refractivity contribution in [2.24, 2.45) is 0 Å². The summed E-state index contributed by atoms with van der Waals surface area (Å²) in [6, 6.07) is 3.83. The summed E-state index contributed by atoms with van der Waals surface area (Å²) in [6.07, 6.45) is 7.87. The lowest BCUT2D eigenvalue weighted by molar-refractivity contribution is 0.327. The first-order valence-corrected chi connectivity index (χ1v) is 5.12. The molecule has 15 heavy (non-hydrogen) atoms. The van der Waals surface area contributed by atoms with E-state index in [0.29, 0.717) is 12.2 Å². The molecular weight excluding hydrogens is 186 g/mol. The Kier molecular flexibility index (Phi) is 4.65. The average Bonchev–Trinajstić information content (AvgIpc) is 2.26. The smallest absolute Gasteiger partial charge is 0.0598 e. The maximum atomic E-state index is 5.56. The van der Waals surface area contributed by atoms with Gasteiger partial charge >= 0.3 is 0 Å². The molecule has 0 fully saturated rings. The van der Waals surface area contributed by atoms with Crippen LogP contribution in [0.15, 0.2) is 18.3 Å². The summed E-state index contributed by atoms with van der Waals surface area (Å²) < 4.78 is 0. The Morgan fingerprint density at radius 3 is 2.87 bits per heavy atom. The highest BCUT2D eigenvalue weighted by Crippen LogP contribution is 2.02. The Labute approximate surface area is 91.3 Å². The van der Waals surface area contributed by atoms with Crippen LogP contribution < -0.4 is 5.73 Å². The van der Waals surface area contributed by atoms with Gasteiger partial charge in [-0.05, 0) is 18.7 Å². The van der Waals surface area contributed by atoms with Gasteiger partial charge in [-0.3, -0.25) is 9.88 Å². The molecule has 3 nitrogen and oxygen atoms in total. The van der Waals surface area contributed by atoms with Gasteiger partial charge in [0.05, 0.1) is 18.4 Å². The molecule has 0 atom stereocenters. The van der Waals surface area contributed by atoms with Crippen LogP contribution in [0, 0.1) is 12.3 Å². The summed E-state index contributed by atoms with van der Waals surface area (Å²) in [5.41, 5.74) is 7.32. The van der Waals surface area contributed by atoms with Crippen molar-refractivity contribution in [2.75, 3.05) is 25.4 Å². The molecule has 0 unspecified atom stereocenters. The predicted molar refractivity (Wildman–Crippen MR) is 63.3 cm³/mol. The van der Waals surface area contributed by atoms with E-state index in [1.54, 1.807) is 6.20 Å². The molecule has 0 aliphatic rings. The molecule has 0 saturated heterocycles. The first-order chi connectivity index (χ1) is 7.26. The second kappa shape index (κ2) is 6.05. The van der Waals surface area contributed by atoms with Crippen molar-refractivity contribution in [3.8, 4) is 12.3 Å². The van der Waals surface area contributed by atoms with Crippen molar-refractivity contribution in [3.05, 3.63) is 24.0 Å². The highest BCUT2D eigenvalue weighted by Gasteiger charge is 2.01. The molecule has 1 aromatic rings. The summed E-state index contributed by atoms with van der Waals surface area (Å²) in [7, 11) is 0. The number of rotatable bonds is 5. The third kappa shape index (κ3) is 4.01. The molecule has 0 saturated carbocycles. The quantitative estimate of drug-likeness (QED) is 0.730. The van der Waals surface area contributed by atoms with Gasteiger partial charge in [0.15, 0.2) is 0 Å². The van der Waals surface area contributed by atoms with Gasteiger partial charge in [-0.25, -0.2) is 0 Å². The SMILES string of the molecule is C#CCN(CC)CCc1ccc(N)cn1. The van der Waals surface area contributed by atoms with E-state index in [9.17, 15) is 0 Å². The number of terminal acetylenes is 1. The van der Waals surface area contributed by atoms with Crippen molar-refractivity contribution in [1.82, 2.24) is 9.88 Å². The lowest BCUT2D eigenvalue weighted by Gasteiger charge is -2.16. The molecule has 0 spiro atoms. The molecule has 1 heterocycles. The van der Waals surface area contributed by atoms with E-state index in [2.05, 4.69) is 22.7 Å². The number of nitrogens with zero attached hydrogens (tertiary/aromatic N) is 2. The van der Waals surface area contributed by atoms with Crippen LogP contribution in [0.2, 0.25) is 0 Å². The minimum absolute atomic E-state index is 0.700. The number of hydrogen-bond acceptors (Lipinski definition) is 3. The molecule has 3 heteroatoms. The molecule has 80 valence electrons. The van der Waals surface area contributed by atoms with E-state index in [-0.39, 0.29) is 0 Å². The molecule has 1 rings (SSSR count). The van der Waals surface area contributed by atoms with Crippen molar-refractivity contribution in [2.45, 2.75) is 13.3 Å². The van der Waals surface area contributed by atoms with Gasteiger partial charge in [-0.15, -0.1) is 6.42 Å². The zero-order chi connectivity index (χ0) is 11.1. The highest BCUT2D eigenvalue weighted by molar-refractivity contribution is 5.34. The summed E-state index contributed by atoms with van der Waals surface area (Å²) in [5, 5.41) is 0. The van der Waals surface area contributed by atoms with Crippen LogP contribution in [0.1, 0.15) is 12.6 Å². The lowest BCUT2D eigenvalue weighted by Crippen LogP contribution is -2.26. The average molecular weight is 203 g/mol. The van der Waals surface area contributed by atoms with Gasteiger partial charge in [0, 0.05) is 18.7 Å². The van der Waals surface area contributed by atoms with Gasteiger partial charge in [-0.1, -0.05) is 12.8 Å². The number of pyridine rings is 1. The lowest BCUT2D eigenvalue weighted by atomic mass is 10.2. The summed E-state index contributed by atoms with van der Waals surface area (Å²) in [5.74, 6) is 2.65. The molecule has 2 N–H and O–H groups in total. The second-order valence-corrected chi connectivity index (χ2v) is 3.41. The fourth-order valence-electron chi connectivity index (χ4n) is 1.33. The van der Waals surface area contributed by atoms with E-state index in [4.69, 9.17) is 12.2 Å². The van der Waals surface area contributed by atoms with Crippen molar-refractivity contribution in [3.63, 3.8) is 0 Å². The van der Waals surface area contributed by atoms with Crippen LogP contribution in [0.4, 0.5) is 5.69 Å². The number of likely N-dealkylation sites (N-methyl/N-ethyl adjacent to an activating group) is 1. The van der Waals surface area contributed by atoms with Gasteiger partial charge < -0.3 is 5.73 Å². The molecule has 0 bridgehead atoms. The summed E-state index contributed by atoms with van der Waals surface area (Å²) in [4.78, 5) is 6.45. The molecule has 0 aromatic carbocycles. The predicted octanol–water partition coefficient (Wildman–Crippen LogP) is 1.16. The normalized spacial score (nSPS) is 10.2. The van der Waals surface area contributed by atoms with Crippen molar-refractivity contribution in [1.29, 1.82) is 0 Å². The number of anilines is 1. The minimum Gasteiger partial charge on any atom is -0.397 e. The number of aromatic nitrogens is 1. The molecular formula is C12H17N3. The first kappa shape index (κ1) is 11.5. The zero-order valence-electron chi connectivity index (χ0n) is 9.11. The van der Waals surface area contributed by atoms with Crippen LogP contribution in [0.25, 0.3) is 0 Å². The fraction of sp³-hybridized carbons (Fsp3) is 0.417. The molecule has 0 amide bonds. The van der Waals surface area contributed by atoms with Crippen LogP contribution in [0.3, 0.4) is 0 Å². The van der Waals surface area contributed by atoms with Gasteiger partial charge in [0.25, 0.3) is 0 Å². The van der Waals surface area contributed by atoms with E-state index < -0.39 is 0 Å². The Balaban J connectivity index is 2.42. The second-order valence-electron chi connectivity index (χ2n) is 3.41. The Hall–Kier alpha value is -1.53. The van der Waals surface area contributed by atoms with Gasteiger partial charge in [-0.2, -0.15) is 0 Å². The largest absolute Gasteiger partial charge is 0.397 e. The molecule has 0 radical (unpaired) electrons. The third-order valence-corrected chi connectivity index (χ3v) is 2.29. The van der Waals surface area contributed by atoms with Crippen LogP contribution >= 0.6 is 0 Å². The molecule has 1 aromatic heterocycles. The zero-order valence-corrected chi connectivity index (χ0v) is 9.11. The van der Waals surface area contributed by atoms with E-state index in [1.165, 1.54) is 0 Å². The van der Waals surface area contributed by atoms with Crippen molar-refractivity contribution >= 4 is 5.69 Å². The summed E-state index contributed by atoms with van der Waals surface area (Å²) >= 11 is 0. The van der Waals surface area contributed by atoms with E-state index >= 15 is 0 Å². The third-order valence-electron chi connectivity index (χ3n) is 2.29. The van der Waals surface area contributed by atoms with Gasteiger partial charge in [0.1, 0.15) is 0 Å². The number of hydrogen-bond donors (Lipinski definition) is 1. The Morgan fingerprint density at radius 2 is 2.33 bits per heavy atom. The highest BCUT2D eigenvalue weighted by atomic mass is 15.1.